The predicted molar refractivity (Wildman–Crippen MR) is 81.8 cm³/mol. The normalized spacial score (nSPS) is 13.1. The molecule has 2 rings (SSSR count). The molecule has 1 aromatic carbocycles. The number of fused-ring (bicyclic) bond motifs is 1. The molecule has 1 unspecified atom stereocenters. The highest BCUT2D eigenvalue weighted by atomic mass is 32.2. The summed E-state index contributed by atoms with van der Waals surface area (Å²) in [6.07, 6.45) is 0.637. The summed E-state index contributed by atoms with van der Waals surface area (Å²) in [6, 6.07) is 2.44. The van der Waals surface area contributed by atoms with E-state index in [1.807, 2.05) is 0 Å². The highest BCUT2D eigenvalue weighted by molar-refractivity contribution is 7.89. The lowest BCUT2D eigenvalue weighted by atomic mass is 10.2. The van der Waals surface area contributed by atoms with Crippen LogP contribution >= 0.6 is 0 Å². The SMILES string of the molecule is CCCC(NS(=O)(=O)c1ccc2[nH]c(=O)c(=O)[nH]c2c1)C(=O)O. The van der Waals surface area contributed by atoms with Crippen molar-refractivity contribution in [1.82, 2.24) is 14.7 Å². The van der Waals surface area contributed by atoms with Gasteiger partial charge in [0, 0.05) is 0 Å². The Morgan fingerprint density at radius 3 is 2.39 bits per heavy atom. The Morgan fingerprint density at radius 2 is 1.83 bits per heavy atom. The Kier molecular flexibility index (Phi) is 4.66. The molecule has 124 valence electrons. The van der Waals surface area contributed by atoms with E-state index in [0.717, 1.165) is 6.07 Å². The summed E-state index contributed by atoms with van der Waals surface area (Å²) in [5.74, 6) is -1.27. The fourth-order valence-electron chi connectivity index (χ4n) is 2.04. The number of H-pyrrole nitrogens is 2. The smallest absolute Gasteiger partial charge is 0.321 e. The minimum atomic E-state index is -4.09. The van der Waals surface area contributed by atoms with E-state index in [0.29, 0.717) is 6.42 Å². The number of aromatic nitrogens is 2. The number of carboxylic acids is 1. The van der Waals surface area contributed by atoms with E-state index in [2.05, 4.69) is 14.7 Å². The van der Waals surface area contributed by atoms with Gasteiger partial charge in [-0.15, -0.1) is 0 Å². The van der Waals surface area contributed by atoms with Gasteiger partial charge in [0.05, 0.1) is 15.9 Å². The molecule has 0 amide bonds. The first-order valence-corrected chi connectivity index (χ1v) is 8.24. The molecule has 1 aromatic heterocycles. The Morgan fingerprint density at radius 1 is 1.22 bits per heavy atom. The number of aliphatic carboxylic acids is 1. The second-order valence-corrected chi connectivity index (χ2v) is 6.63. The highest BCUT2D eigenvalue weighted by Crippen LogP contribution is 2.15. The third-order valence-corrected chi connectivity index (χ3v) is 4.65. The molecule has 1 atom stereocenters. The summed E-state index contributed by atoms with van der Waals surface area (Å²) in [5.41, 5.74) is -1.37. The molecule has 2 aromatic rings. The largest absolute Gasteiger partial charge is 0.480 e. The Hall–Kier alpha value is -2.46. The van der Waals surface area contributed by atoms with Gasteiger partial charge in [-0.2, -0.15) is 4.72 Å². The van der Waals surface area contributed by atoms with E-state index in [9.17, 15) is 22.8 Å². The number of sulfonamides is 1. The van der Waals surface area contributed by atoms with Gasteiger partial charge in [0.1, 0.15) is 6.04 Å². The molecule has 0 radical (unpaired) electrons. The maximum Gasteiger partial charge on any atom is 0.321 e. The molecule has 23 heavy (non-hydrogen) atoms. The summed E-state index contributed by atoms with van der Waals surface area (Å²) in [6.45, 7) is 1.74. The number of carbonyl (C=O) groups is 1. The number of hydrogen-bond donors (Lipinski definition) is 4. The minimum absolute atomic E-state index is 0.125. The second kappa shape index (κ2) is 6.34. The zero-order valence-electron chi connectivity index (χ0n) is 12.1. The predicted octanol–water partition coefficient (Wildman–Crippen LogP) is -0.252. The standard InChI is InChI=1S/C13H15N3O6S/c1-2-3-9(13(19)20)16-23(21,22)7-4-5-8-10(6-7)15-12(18)11(17)14-8/h4-6,9,16H,2-3H2,1H3,(H,14,17)(H,15,18)(H,19,20). The molecule has 0 aliphatic rings. The summed E-state index contributed by atoms with van der Waals surface area (Å²) >= 11 is 0. The summed E-state index contributed by atoms with van der Waals surface area (Å²) in [4.78, 5) is 38.0. The van der Waals surface area contributed by atoms with Gasteiger partial charge in [0.25, 0.3) is 0 Å². The lowest BCUT2D eigenvalue weighted by molar-refractivity contribution is -0.139. The van der Waals surface area contributed by atoms with Crippen LogP contribution in [-0.4, -0.2) is 35.5 Å². The Labute approximate surface area is 130 Å². The molecule has 0 aliphatic carbocycles. The average Bonchev–Trinajstić information content (AvgIpc) is 2.47. The Balaban J connectivity index is 2.45. The second-order valence-electron chi connectivity index (χ2n) is 4.92. The molecule has 0 fully saturated rings. The molecule has 4 N–H and O–H groups in total. The van der Waals surface area contributed by atoms with Crippen LogP contribution in [0.4, 0.5) is 0 Å². The lowest BCUT2D eigenvalue weighted by Gasteiger charge is -2.14. The zero-order valence-corrected chi connectivity index (χ0v) is 12.9. The monoisotopic (exact) mass is 341 g/mol. The molecule has 10 heteroatoms. The topological polar surface area (TPSA) is 149 Å². The summed E-state index contributed by atoms with van der Waals surface area (Å²) in [7, 11) is -4.09. The van der Waals surface area contributed by atoms with Gasteiger partial charge in [-0.1, -0.05) is 13.3 Å². The minimum Gasteiger partial charge on any atom is -0.480 e. The van der Waals surface area contributed by atoms with Crippen LogP contribution in [0.5, 0.6) is 0 Å². The molecular weight excluding hydrogens is 326 g/mol. The van der Waals surface area contributed by atoms with Crippen molar-refractivity contribution in [2.75, 3.05) is 0 Å². The fraction of sp³-hybridized carbons (Fsp3) is 0.308. The molecule has 9 nitrogen and oxygen atoms in total. The first kappa shape index (κ1) is 16.9. The molecule has 0 saturated carbocycles. The quantitative estimate of drug-likeness (QED) is 0.532. The van der Waals surface area contributed by atoms with Gasteiger partial charge in [0.15, 0.2) is 0 Å². The van der Waals surface area contributed by atoms with E-state index in [1.54, 1.807) is 6.92 Å². The Bertz CT molecular complexity index is 960. The third kappa shape index (κ3) is 3.66. The molecule has 1 heterocycles. The van der Waals surface area contributed by atoms with Gasteiger partial charge < -0.3 is 15.1 Å². The number of aromatic amines is 2. The van der Waals surface area contributed by atoms with Crippen LogP contribution in [0.1, 0.15) is 19.8 Å². The van der Waals surface area contributed by atoms with E-state index >= 15 is 0 Å². The number of rotatable bonds is 6. The van der Waals surface area contributed by atoms with Gasteiger partial charge in [-0.05, 0) is 24.6 Å². The van der Waals surface area contributed by atoms with E-state index < -0.39 is 33.2 Å². The van der Waals surface area contributed by atoms with Crippen molar-refractivity contribution in [3.05, 3.63) is 38.9 Å². The zero-order chi connectivity index (χ0) is 17.2. The third-order valence-electron chi connectivity index (χ3n) is 3.18. The van der Waals surface area contributed by atoms with Crippen LogP contribution in [0.2, 0.25) is 0 Å². The first-order valence-electron chi connectivity index (χ1n) is 6.76. The molecule has 0 aliphatic heterocycles. The van der Waals surface area contributed by atoms with Crippen molar-refractivity contribution in [3.8, 4) is 0 Å². The van der Waals surface area contributed by atoms with Gasteiger partial charge in [-0.25, -0.2) is 8.42 Å². The van der Waals surface area contributed by atoms with Crippen LogP contribution in [0, 0.1) is 0 Å². The van der Waals surface area contributed by atoms with Gasteiger partial charge in [-0.3, -0.25) is 14.4 Å². The van der Waals surface area contributed by atoms with Crippen molar-refractivity contribution in [2.24, 2.45) is 0 Å². The van der Waals surface area contributed by atoms with Crippen molar-refractivity contribution in [3.63, 3.8) is 0 Å². The van der Waals surface area contributed by atoms with Crippen LogP contribution in [-0.2, 0) is 14.8 Å². The average molecular weight is 341 g/mol. The maximum atomic E-state index is 12.3. The summed E-state index contributed by atoms with van der Waals surface area (Å²) < 4.78 is 26.7. The van der Waals surface area contributed by atoms with Crippen LogP contribution in [0.15, 0.2) is 32.7 Å². The summed E-state index contributed by atoms with van der Waals surface area (Å²) in [5, 5.41) is 9.04. The molecule has 0 saturated heterocycles. The fourth-order valence-corrected chi connectivity index (χ4v) is 3.29. The van der Waals surface area contributed by atoms with Crippen LogP contribution in [0.3, 0.4) is 0 Å². The van der Waals surface area contributed by atoms with E-state index in [-0.39, 0.29) is 22.3 Å². The number of hydrogen-bond acceptors (Lipinski definition) is 5. The van der Waals surface area contributed by atoms with Crippen molar-refractivity contribution in [1.29, 1.82) is 0 Å². The molecule has 0 spiro atoms. The van der Waals surface area contributed by atoms with Crippen LogP contribution < -0.4 is 15.8 Å². The number of nitrogens with one attached hydrogen (secondary N) is 3. The van der Waals surface area contributed by atoms with Crippen molar-refractivity contribution < 1.29 is 18.3 Å². The van der Waals surface area contributed by atoms with Gasteiger partial charge >= 0.3 is 17.1 Å². The first-order chi connectivity index (χ1) is 10.7. The van der Waals surface area contributed by atoms with E-state index in [1.165, 1.54) is 12.1 Å². The molecule has 0 bridgehead atoms. The number of carboxylic acid groups (broad SMARTS) is 1. The maximum absolute atomic E-state index is 12.3. The van der Waals surface area contributed by atoms with Gasteiger partial charge in [0.2, 0.25) is 10.0 Å². The molecular formula is C13H15N3O6S. The van der Waals surface area contributed by atoms with Crippen LogP contribution in [0.25, 0.3) is 11.0 Å². The lowest BCUT2D eigenvalue weighted by Crippen LogP contribution is -2.40. The van der Waals surface area contributed by atoms with E-state index in [4.69, 9.17) is 5.11 Å². The highest BCUT2D eigenvalue weighted by Gasteiger charge is 2.24. The number of benzene rings is 1. The van der Waals surface area contributed by atoms with Crippen molar-refractivity contribution in [2.45, 2.75) is 30.7 Å². The van der Waals surface area contributed by atoms with Crippen molar-refractivity contribution >= 4 is 27.0 Å².